The summed E-state index contributed by atoms with van der Waals surface area (Å²) in [6.07, 6.45) is 11.6. The van der Waals surface area contributed by atoms with Crippen molar-refractivity contribution in [3.8, 4) is 18.1 Å². The van der Waals surface area contributed by atoms with Crippen molar-refractivity contribution in [3.05, 3.63) is 29.8 Å². The molecule has 1 aromatic carbocycles. The van der Waals surface area contributed by atoms with Gasteiger partial charge in [0, 0.05) is 37.4 Å². The highest BCUT2D eigenvalue weighted by molar-refractivity contribution is 5.33. The van der Waals surface area contributed by atoms with Gasteiger partial charge in [0.1, 0.15) is 12.4 Å². The van der Waals surface area contributed by atoms with Gasteiger partial charge in [-0.25, -0.2) is 0 Å². The summed E-state index contributed by atoms with van der Waals surface area (Å²) in [5.41, 5.74) is 1.41. The molecule has 1 aromatic rings. The van der Waals surface area contributed by atoms with E-state index in [2.05, 4.69) is 28.3 Å². The van der Waals surface area contributed by atoms with E-state index in [4.69, 9.17) is 15.9 Å². The molecule has 4 heteroatoms. The summed E-state index contributed by atoms with van der Waals surface area (Å²) >= 11 is 0. The van der Waals surface area contributed by atoms with Crippen LogP contribution in [0, 0.1) is 12.3 Å². The van der Waals surface area contributed by atoms with Crippen LogP contribution >= 0.6 is 0 Å². The van der Waals surface area contributed by atoms with E-state index in [1.165, 1.54) is 37.9 Å². The summed E-state index contributed by atoms with van der Waals surface area (Å²) in [5.74, 6) is 3.42. The Hall–Kier alpha value is -1.54. The van der Waals surface area contributed by atoms with E-state index in [1.807, 2.05) is 12.1 Å². The predicted molar refractivity (Wildman–Crippen MR) is 101 cm³/mol. The Morgan fingerprint density at radius 3 is 2.68 bits per heavy atom. The van der Waals surface area contributed by atoms with E-state index in [1.54, 1.807) is 0 Å². The molecule has 1 N–H and O–H groups in total. The van der Waals surface area contributed by atoms with Gasteiger partial charge in [0.05, 0.1) is 0 Å². The molecule has 0 unspecified atom stereocenters. The average molecular weight is 342 g/mol. The molecule has 0 spiro atoms. The predicted octanol–water partition coefficient (Wildman–Crippen LogP) is 2.82. The van der Waals surface area contributed by atoms with Gasteiger partial charge in [-0.1, -0.05) is 30.5 Å². The van der Waals surface area contributed by atoms with E-state index < -0.39 is 0 Å². The summed E-state index contributed by atoms with van der Waals surface area (Å²) in [5, 5.41) is 3.70. The lowest BCUT2D eigenvalue weighted by Crippen LogP contribution is -2.59. The first-order valence-corrected chi connectivity index (χ1v) is 9.52. The van der Waals surface area contributed by atoms with Crippen molar-refractivity contribution in [2.75, 3.05) is 39.5 Å². The molecule has 136 valence electrons. The van der Waals surface area contributed by atoms with Gasteiger partial charge in [0.2, 0.25) is 0 Å². The van der Waals surface area contributed by atoms with Crippen LogP contribution in [-0.4, -0.2) is 49.9 Å². The molecule has 0 saturated carbocycles. The van der Waals surface area contributed by atoms with Gasteiger partial charge < -0.3 is 14.8 Å². The fraction of sp³-hybridized carbons (Fsp3) is 0.619. The lowest BCUT2D eigenvalue weighted by molar-refractivity contribution is -0.0358. The standard InChI is InChI=1S/C21H30N2O2/c1-2-14-25-20-9-5-4-8-19(20)17-22-18-21(10-15-24-16-11-21)23-12-6-3-7-13-23/h1,4-5,8-9,22H,3,6-7,10-18H2. The van der Waals surface area contributed by atoms with Gasteiger partial charge in [0.15, 0.2) is 0 Å². The molecule has 0 radical (unpaired) electrons. The Balaban J connectivity index is 1.61. The number of hydrogen-bond acceptors (Lipinski definition) is 4. The molecule has 2 saturated heterocycles. The molecule has 0 amide bonds. The number of benzene rings is 1. The number of rotatable bonds is 7. The number of likely N-dealkylation sites (tertiary alicyclic amines) is 1. The summed E-state index contributed by atoms with van der Waals surface area (Å²) in [4.78, 5) is 2.72. The van der Waals surface area contributed by atoms with Crippen LogP contribution in [0.3, 0.4) is 0 Å². The number of nitrogens with one attached hydrogen (secondary N) is 1. The van der Waals surface area contributed by atoms with Gasteiger partial charge in [-0.3, -0.25) is 4.90 Å². The Labute approximate surface area is 151 Å². The van der Waals surface area contributed by atoms with Crippen molar-refractivity contribution < 1.29 is 9.47 Å². The first kappa shape index (κ1) is 18.3. The normalized spacial score (nSPS) is 20.8. The monoisotopic (exact) mass is 342 g/mol. The molecular formula is C21H30N2O2. The first-order valence-electron chi connectivity index (χ1n) is 9.52. The fourth-order valence-corrected chi connectivity index (χ4v) is 4.06. The maximum atomic E-state index is 5.66. The van der Waals surface area contributed by atoms with Crippen LogP contribution in [-0.2, 0) is 11.3 Å². The molecular weight excluding hydrogens is 312 g/mol. The Morgan fingerprint density at radius 2 is 1.92 bits per heavy atom. The third-order valence-corrected chi connectivity index (χ3v) is 5.50. The molecule has 0 atom stereocenters. The van der Waals surface area contributed by atoms with Gasteiger partial charge in [-0.05, 0) is 44.8 Å². The molecule has 2 fully saturated rings. The molecule has 2 heterocycles. The number of ether oxygens (including phenoxy) is 2. The van der Waals surface area contributed by atoms with Crippen molar-refractivity contribution in [3.63, 3.8) is 0 Å². The lowest BCUT2D eigenvalue weighted by Gasteiger charge is -2.48. The minimum Gasteiger partial charge on any atom is -0.481 e. The van der Waals surface area contributed by atoms with Crippen LogP contribution in [0.25, 0.3) is 0 Å². The second-order valence-corrected chi connectivity index (χ2v) is 7.09. The molecule has 25 heavy (non-hydrogen) atoms. The van der Waals surface area contributed by atoms with E-state index >= 15 is 0 Å². The minimum atomic E-state index is 0.243. The molecule has 2 aliphatic heterocycles. The summed E-state index contributed by atoms with van der Waals surface area (Å²) in [6, 6.07) is 8.14. The topological polar surface area (TPSA) is 33.7 Å². The number of nitrogens with zero attached hydrogens (tertiary/aromatic N) is 1. The van der Waals surface area contributed by atoms with Gasteiger partial charge >= 0.3 is 0 Å². The van der Waals surface area contributed by atoms with Gasteiger partial charge in [-0.15, -0.1) is 6.42 Å². The molecule has 3 rings (SSSR count). The highest BCUT2D eigenvalue weighted by atomic mass is 16.5. The number of para-hydroxylation sites is 1. The van der Waals surface area contributed by atoms with Crippen molar-refractivity contribution >= 4 is 0 Å². The summed E-state index contributed by atoms with van der Waals surface area (Å²) in [6.45, 7) is 6.32. The van der Waals surface area contributed by atoms with Crippen molar-refractivity contribution in [1.82, 2.24) is 10.2 Å². The number of hydrogen-bond donors (Lipinski definition) is 1. The first-order chi connectivity index (χ1) is 12.3. The minimum absolute atomic E-state index is 0.243. The van der Waals surface area contributed by atoms with Crippen LogP contribution in [0.2, 0.25) is 0 Å². The Morgan fingerprint density at radius 1 is 1.16 bits per heavy atom. The van der Waals surface area contributed by atoms with Crippen molar-refractivity contribution in [2.24, 2.45) is 0 Å². The Kier molecular flexibility index (Phi) is 6.75. The average Bonchev–Trinajstić information content (AvgIpc) is 2.69. The molecule has 0 aliphatic carbocycles. The largest absolute Gasteiger partial charge is 0.481 e. The maximum Gasteiger partial charge on any atom is 0.148 e. The van der Waals surface area contributed by atoms with E-state index in [9.17, 15) is 0 Å². The van der Waals surface area contributed by atoms with E-state index in [-0.39, 0.29) is 5.54 Å². The molecule has 4 nitrogen and oxygen atoms in total. The quantitative estimate of drug-likeness (QED) is 0.773. The van der Waals surface area contributed by atoms with E-state index in [0.717, 1.165) is 44.9 Å². The molecule has 0 aromatic heterocycles. The molecule has 0 bridgehead atoms. The Bertz CT molecular complexity index is 570. The van der Waals surface area contributed by atoms with Crippen LogP contribution < -0.4 is 10.1 Å². The molecule has 2 aliphatic rings. The van der Waals surface area contributed by atoms with Crippen LogP contribution in [0.5, 0.6) is 5.75 Å². The van der Waals surface area contributed by atoms with Gasteiger partial charge in [0.25, 0.3) is 0 Å². The van der Waals surface area contributed by atoms with E-state index in [0.29, 0.717) is 6.61 Å². The van der Waals surface area contributed by atoms with Crippen LogP contribution in [0.1, 0.15) is 37.7 Å². The number of piperidine rings is 1. The van der Waals surface area contributed by atoms with Gasteiger partial charge in [-0.2, -0.15) is 0 Å². The third-order valence-electron chi connectivity index (χ3n) is 5.50. The van der Waals surface area contributed by atoms with Crippen LogP contribution in [0.15, 0.2) is 24.3 Å². The SMILES string of the molecule is C#CCOc1ccccc1CNCC1(N2CCCCC2)CCOCC1. The zero-order chi connectivity index (χ0) is 17.4. The fourth-order valence-electron chi connectivity index (χ4n) is 4.06. The van der Waals surface area contributed by atoms with Crippen LogP contribution in [0.4, 0.5) is 0 Å². The zero-order valence-corrected chi connectivity index (χ0v) is 15.1. The highest BCUT2D eigenvalue weighted by Crippen LogP contribution is 2.30. The second kappa shape index (κ2) is 9.24. The smallest absolute Gasteiger partial charge is 0.148 e. The zero-order valence-electron chi connectivity index (χ0n) is 15.1. The van der Waals surface area contributed by atoms with Crippen molar-refractivity contribution in [1.29, 1.82) is 0 Å². The van der Waals surface area contributed by atoms with Crippen molar-refractivity contribution in [2.45, 2.75) is 44.2 Å². The highest BCUT2D eigenvalue weighted by Gasteiger charge is 2.38. The summed E-state index contributed by atoms with van der Waals surface area (Å²) < 4.78 is 11.3. The summed E-state index contributed by atoms with van der Waals surface area (Å²) in [7, 11) is 0. The lowest BCUT2D eigenvalue weighted by atomic mass is 9.86. The number of terminal acetylenes is 1. The second-order valence-electron chi connectivity index (χ2n) is 7.09. The third kappa shape index (κ3) is 4.76. The maximum absolute atomic E-state index is 5.66.